The molecule has 0 aromatic carbocycles. The molecule has 18 heavy (non-hydrogen) atoms. The van der Waals surface area contributed by atoms with Crippen LogP contribution in [0, 0.1) is 11.8 Å². The second kappa shape index (κ2) is 8.30. The van der Waals surface area contributed by atoms with Gasteiger partial charge < -0.3 is 9.84 Å². The molecule has 1 rings (SSSR count). The monoisotopic (exact) mass is 254 g/mol. The molecule has 0 bridgehead atoms. The minimum Gasteiger partial charge on any atom is -0.481 e. The fourth-order valence-corrected chi connectivity index (χ4v) is 2.80. The maximum Gasteiger partial charge on any atom is 0.306 e. The lowest BCUT2D eigenvalue weighted by Crippen LogP contribution is -2.24. The number of rotatable bonds is 8. The highest BCUT2D eigenvalue weighted by molar-refractivity contribution is 5.69. The Balaban J connectivity index is 2.29. The van der Waals surface area contributed by atoms with E-state index in [2.05, 4.69) is 6.58 Å². The van der Waals surface area contributed by atoms with Crippen molar-refractivity contribution in [3.63, 3.8) is 0 Å². The van der Waals surface area contributed by atoms with E-state index in [1.807, 2.05) is 6.92 Å². The number of carboxylic acids is 1. The summed E-state index contributed by atoms with van der Waals surface area (Å²) in [5.41, 5.74) is 0. The van der Waals surface area contributed by atoms with Crippen molar-refractivity contribution in [2.75, 3.05) is 6.61 Å². The molecule has 0 aromatic rings. The van der Waals surface area contributed by atoms with Crippen molar-refractivity contribution in [2.24, 2.45) is 11.8 Å². The van der Waals surface area contributed by atoms with Crippen molar-refractivity contribution in [3.8, 4) is 0 Å². The van der Waals surface area contributed by atoms with Gasteiger partial charge in [-0.15, -0.1) is 6.58 Å². The summed E-state index contributed by atoms with van der Waals surface area (Å²) in [5.74, 6) is -0.172. The second-order valence-electron chi connectivity index (χ2n) is 5.30. The van der Waals surface area contributed by atoms with Gasteiger partial charge in [-0.1, -0.05) is 25.8 Å². The van der Waals surface area contributed by atoms with Gasteiger partial charge in [-0.25, -0.2) is 0 Å². The molecule has 0 aromatic heterocycles. The number of carbonyl (C=O) groups is 1. The fourth-order valence-electron chi connectivity index (χ4n) is 2.80. The minimum absolute atomic E-state index is 0.167. The Hall–Kier alpha value is -0.830. The third-order valence-electron chi connectivity index (χ3n) is 3.95. The van der Waals surface area contributed by atoms with Gasteiger partial charge in [-0.2, -0.15) is 0 Å². The highest BCUT2D eigenvalue weighted by atomic mass is 16.5. The molecule has 104 valence electrons. The standard InChI is InChI=1S/C15H26O3/c1-3-10-18-14-7-5-6-12(11-14)8-9-13(4-2)15(16)17/h3,12-14H,1,4-11H2,2H3,(H,16,17)/t12-,13?,14-/m0/s1. The number of hydrogen-bond acceptors (Lipinski definition) is 2. The third kappa shape index (κ3) is 5.21. The summed E-state index contributed by atoms with van der Waals surface area (Å²) in [7, 11) is 0. The van der Waals surface area contributed by atoms with Gasteiger partial charge in [0.15, 0.2) is 0 Å². The lowest BCUT2D eigenvalue weighted by molar-refractivity contribution is -0.142. The average molecular weight is 254 g/mol. The van der Waals surface area contributed by atoms with E-state index in [-0.39, 0.29) is 5.92 Å². The normalized spacial score (nSPS) is 25.6. The van der Waals surface area contributed by atoms with Crippen LogP contribution >= 0.6 is 0 Å². The van der Waals surface area contributed by atoms with Gasteiger partial charge in [-0.05, 0) is 38.0 Å². The summed E-state index contributed by atoms with van der Waals surface area (Å²) in [6.45, 7) is 6.25. The first-order chi connectivity index (χ1) is 8.67. The van der Waals surface area contributed by atoms with E-state index in [0.717, 1.165) is 32.1 Å². The summed E-state index contributed by atoms with van der Waals surface area (Å²) in [6, 6.07) is 0. The van der Waals surface area contributed by atoms with Crippen molar-refractivity contribution in [2.45, 2.75) is 58.0 Å². The molecule has 0 radical (unpaired) electrons. The molecule has 3 atom stereocenters. The van der Waals surface area contributed by atoms with Gasteiger partial charge in [-0.3, -0.25) is 4.79 Å². The Morgan fingerprint density at radius 1 is 1.56 bits per heavy atom. The van der Waals surface area contributed by atoms with Crippen LogP contribution in [0.25, 0.3) is 0 Å². The smallest absolute Gasteiger partial charge is 0.306 e. The SMILES string of the molecule is C=CCO[C@H]1CCC[C@@H](CCC(CC)C(=O)O)C1. The second-order valence-corrected chi connectivity index (χ2v) is 5.30. The zero-order chi connectivity index (χ0) is 13.4. The Morgan fingerprint density at radius 3 is 2.94 bits per heavy atom. The van der Waals surface area contributed by atoms with Crippen LogP contribution in [0.1, 0.15) is 51.9 Å². The van der Waals surface area contributed by atoms with E-state index in [4.69, 9.17) is 9.84 Å². The van der Waals surface area contributed by atoms with E-state index in [1.54, 1.807) is 6.08 Å². The Kier molecular flexibility index (Phi) is 7.02. The fraction of sp³-hybridized carbons (Fsp3) is 0.800. The van der Waals surface area contributed by atoms with E-state index < -0.39 is 5.97 Å². The minimum atomic E-state index is -0.646. The molecule has 1 N–H and O–H groups in total. The lowest BCUT2D eigenvalue weighted by atomic mass is 9.82. The van der Waals surface area contributed by atoms with E-state index >= 15 is 0 Å². The van der Waals surface area contributed by atoms with Crippen LogP contribution in [0.5, 0.6) is 0 Å². The quantitative estimate of drug-likeness (QED) is 0.673. The molecule has 1 aliphatic rings. The first kappa shape index (κ1) is 15.2. The topological polar surface area (TPSA) is 46.5 Å². The number of hydrogen-bond donors (Lipinski definition) is 1. The van der Waals surface area contributed by atoms with Gasteiger partial charge in [0.25, 0.3) is 0 Å². The molecule has 3 heteroatoms. The maximum atomic E-state index is 11.0. The summed E-state index contributed by atoms with van der Waals surface area (Å²) >= 11 is 0. The van der Waals surface area contributed by atoms with Crippen LogP contribution in [0.3, 0.4) is 0 Å². The van der Waals surface area contributed by atoms with Crippen LogP contribution in [0.4, 0.5) is 0 Å². The molecule has 3 nitrogen and oxygen atoms in total. The first-order valence-electron chi connectivity index (χ1n) is 7.12. The predicted octanol–water partition coefficient (Wildman–Crippen LogP) is 3.64. The largest absolute Gasteiger partial charge is 0.481 e. The van der Waals surface area contributed by atoms with E-state index in [9.17, 15) is 4.79 Å². The molecular formula is C15H26O3. The molecule has 0 spiro atoms. The molecule has 1 aliphatic carbocycles. The highest BCUT2D eigenvalue weighted by Gasteiger charge is 2.24. The van der Waals surface area contributed by atoms with Crippen LogP contribution < -0.4 is 0 Å². The molecule has 0 aliphatic heterocycles. The van der Waals surface area contributed by atoms with Crippen LogP contribution in [-0.2, 0) is 9.53 Å². The highest BCUT2D eigenvalue weighted by Crippen LogP contribution is 2.31. The zero-order valence-electron chi connectivity index (χ0n) is 11.4. The molecule has 0 saturated heterocycles. The molecule has 0 heterocycles. The third-order valence-corrected chi connectivity index (χ3v) is 3.95. The Labute approximate surface area is 110 Å². The molecule has 1 unspecified atom stereocenters. The molecule has 1 saturated carbocycles. The summed E-state index contributed by atoms with van der Waals surface area (Å²) in [6.07, 6.45) is 9.37. The van der Waals surface area contributed by atoms with Crippen LogP contribution in [0.15, 0.2) is 12.7 Å². The van der Waals surface area contributed by atoms with Crippen molar-refractivity contribution in [1.29, 1.82) is 0 Å². The Morgan fingerprint density at radius 2 is 2.33 bits per heavy atom. The van der Waals surface area contributed by atoms with Gasteiger partial charge >= 0.3 is 5.97 Å². The van der Waals surface area contributed by atoms with Crippen LogP contribution in [-0.4, -0.2) is 23.8 Å². The van der Waals surface area contributed by atoms with Crippen molar-refractivity contribution in [3.05, 3.63) is 12.7 Å². The summed E-state index contributed by atoms with van der Waals surface area (Å²) in [5, 5.41) is 9.04. The first-order valence-corrected chi connectivity index (χ1v) is 7.12. The number of carboxylic acid groups (broad SMARTS) is 1. The van der Waals surface area contributed by atoms with Crippen molar-refractivity contribution in [1.82, 2.24) is 0 Å². The number of ether oxygens (including phenoxy) is 1. The maximum absolute atomic E-state index is 11.0. The van der Waals surface area contributed by atoms with Crippen molar-refractivity contribution < 1.29 is 14.6 Å². The lowest BCUT2D eigenvalue weighted by Gasteiger charge is -2.29. The van der Waals surface area contributed by atoms with Crippen LogP contribution in [0.2, 0.25) is 0 Å². The average Bonchev–Trinajstić information content (AvgIpc) is 2.37. The van der Waals surface area contributed by atoms with Gasteiger partial charge in [0.2, 0.25) is 0 Å². The van der Waals surface area contributed by atoms with Gasteiger partial charge in [0.05, 0.1) is 18.6 Å². The molecule has 0 amide bonds. The summed E-state index contributed by atoms with van der Waals surface area (Å²) < 4.78 is 5.71. The van der Waals surface area contributed by atoms with Crippen molar-refractivity contribution >= 4 is 5.97 Å². The molecular weight excluding hydrogens is 228 g/mol. The van der Waals surface area contributed by atoms with Gasteiger partial charge in [0.1, 0.15) is 0 Å². The van der Waals surface area contributed by atoms with E-state index in [1.165, 1.54) is 12.8 Å². The number of aliphatic carboxylic acids is 1. The van der Waals surface area contributed by atoms with Gasteiger partial charge in [0, 0.05) is 0 Å². The Bertz CT molecular complexity index is 262. The zero-order valence-corrected chi connectivity index (χ0v) is 11.4. The van der Waals surface area contributed by atoms with E-state index in [0.29, 0.717) is 18.6 Å². The summed E-state index contributed by atoms with van der Waals surface area (Å²) in [4.78, 5) is 11.0. The predicted molar refractivity (Wildman–Crippen MR) is 72.5 cm³/mol. The molecule has 1 fully saturated rings.